The molecule has 4 amide bonds. The third-order valence-electron chi connectivity index (χ3n) is 14.7. The van der Waals surface area contributed by atoms with Gasteiger partial charge in [0.2, 0.25) is 17.7 Å². The molecule has 0 spiro atoms. The largest absolute Gasteiger partial charge is 0.490 e. The number of thiazole rings is 1. The van der Waals surface area contributed by atoms with Crippen LogP contribution in [0.25, 0.3) is 26.4 Å². The average Bonchev–Trinajstić information content (AvgIpc) is 4.44. The zero-order valence-corrected chi connectivity index (χ0v) is 46.7. The molecule has 6 heterocycles. The quantitative estimate of drug-likeness (QED) is 0.0628. The lowest BCUT2D eigenvalue weighted by atomic mass is 9.89. The van der Waals surface area contributed by atoms with Gasteiger partial charge < -0.3 is 40.5 Å². The monoisotopic (exact) mass is 1110 g/mol. The van der Waals surface area contributed by atoms with Crippen molar-refractivity contribution in [3.63, 3.8) is 0 Å². The van der Waals surface area contributed by atoms with E-state index < -0.39 is 59.9 Å². The lowest BCUT2D eigenvalue weighted by Gasteiger charge is -2.36. The molecule has 2 aliphatic heterocycles. The summed E-state index contributed by atoms with van der Waals surface area (Å²) in [6.07, 6.45) is 0.355. The zero-order valence-electron chi connectivity index (χ0n) is 44.3. The topological polar surface area (TPSA) is 238 Å². The van der Waals surface area contributed by atoms with Gasteiger partial charge in [0.05, 0.1) is 47.2 Å². The van der Waals surface area contributed by atoms with Gasteiger partial charge in [-0.05, 0) is 93.6 Å². The van der Waals surface area contributed by atoms with Gasteiger partial charge in [-0.2, -0.15) is 0 Å². The fraction of sp³-hybridized carbons (Fsp3) is 0.386. The summed E-state index contributed by atoms with van der Waals surface area (Å²) in [6, 6.07) is 19.1. The number of amides is 4. The van der Waals surface area contributed by atoms with Gasteiger partial charge in [-0.1, -0.05) is 61.8 Å². The first kappa shape index (κ1) is 54.1. The Morgan fingerprint density at radius 1 is 0.897 bits per heavy atom. The number of halogens is 1. The molecule has 3 aliphatic rings. The molecule has 5 atom stereocenters. The number of likely N-dealkylation sites (tertiary alicyclic amines) is 1. The predicted octanol–water partition coefficient (Wildman–Crippen LogP) is 8.59. The SMILES string of the molecule is Cc1ncsc1-c1ccc([C@H](C)NC(=O)[C@@H]2C[C@@H](OC(=O)CCN)CN2C(=O)[C@@H](NC(=O)c2cc3cc(OC4CC(NC(=O)C[C@@H]5N=C(c6ccc(Cl)cc6)c6c(sc(C)c6C)-n6c(C)nnc65)C4)ccc3o2)C(C)C)cc1. The number of rotatable bonds is 17. The Morgan fingerprint density at radius 3 is 2.35 bits per heavy atom. The Labute approximate surface area is 464 Å². The third-order valence-corrected chi connectivity index (χ3v) is 17.1. The molecule has 3 aromatic carbocycles. The van der Waals surface area contributed by atoms with Crippen LogP contribution in [0.2, 0.25) is 5.02 Å². The summed E-state index contributed by atoms with van der Waals surface area (Å²) in [5.74, 6) is -0.774. The molecule has 406 valence electrons. The van der Waals surface area contributed by atoms with Gasteiger partial charge in [0.25, 0.3) is 5.91 Å². The van der Waals surface area contributed by atoms with Crippen LogP contribution in [0.3, 0.4) is 0 Å². The highest BCUT2D eigenvalue weighted by atomic mass is 35.5. The van der Waals surface area contributed by atoms with Crippen molar-refractivity contribution in [2.24, 2.45) is 16.6 Å². The summed E-state index contributed by atoms with van der Waals surface area (Å²) in [6.45, 7) is 13.5. The fourth-order valence-electron chi connectivity index (χ4n) is 10.3. The maximum atomic E-state index is 14.5. The van der Waals surface area contributed by atoms with E-state index in [9.17, 15) is 24.0 Å². The number of benzene rings is 3. The van der Waals surface area contributed by atoms with E-state index in [1.807, 2.05) is 73.9 Å². The van der Waals surface area contributed by atoms with E-state index in [0.29, 0.717) is 46.2 Å². The van der Waals surface area contributed by atoms with Gasteiger partial charge in [-0.3, -0.25) is 33.5 Å². The minimum atomic E-state index is -1.07. The predicted molar refractivity (Wildman–Crippen MR) is 298 cm³/mol. The molecule has 0 bridgehead atoms. The Bertz CT molecular complexity index is 3450. The summed E-state index contributed by atoms with van der Waals surface area (Å²) in [4.78, 5) is 82.1. The summed E-state index contributed by atoms with van der Waals surface area (Å²) >= 11 is 9.50. The molecule has 5 N–H and O–H groups in total. The molecule has 18 nitrogen and oxygen atoms in total. The second-order valence-electron chi connectivity index (χ2n) is 20.6. The van der Waals surface area contributed by atoms with Crippen LogP contribution >= 0.6 is 34.3 Å². The highest BCUT2D eigenvalue weighted by molar-refractivity contribution is 7.15. The minimum absolute atomic E-state index is 0.0120. The van der Waals surface area contributed by atoms with E-state index >= 15 is 0 Å². The number of furan rings is 1. The van der Waals surface area contributed by atoms with Crippen LogP contribution in [-0.2, 0) is 23.9 Å². The third kappa shape index (κ3) is 11.2. The molecule has 1 saturated carbocycles. The van der Waals surface area contributed by atoms with E-state index in [1.165, 1.54) is 4.90 Å². The van der Waals surface area contributed by atoms with Crippen molar-refractivity contribution in [1.29, 1.82) is 0 Å². The highest BCUT2D eigenvalue weighted by Crippen LogP contribution is 2.40. The summed E-state index contributed by atoms with van der Waals surface area (Å²) in [7, 11) is 0. The van der Waals surface area contributed by atoms with Crippen molar-refractivity contribution in [1.82, 2.24) is 40.6 Å². The Balaban J connectivity index is 0.764. The van der Waals surface area contributed by atoms with Crippen molar-refractivity contribution < 1.29 is 37.9 Å². The number of ether oxygens (including phenoxy) is 2. The molecule has 1 aliphatic carbocycles. The van der Waals surface area contributed by atoms with E-state index in [1.54, 1.807) is 66.3 Å². The number of nitrogens with zero attached hydrogens (tertiary/aromatic N) is 6. The van der Waals surface area contributed by atoms with Crippen molar-refractivity contribution in [2.75, 3.05) is 13.1 Å². The van der Waals surface area contributed by atoms with Crippen molar-refractivity contribution in [3.05, 3.63) is 134 Å². The molecule has 2 fully saturated rings. The smallest absolute Gasteiger partial charge is 0.307 e. The van der Waals surface area contributed by atoms with Crippen LogP contribution in [-0.4, -0.2) is 103 Å². The fourth-order valence-corrected chi connectivity index (χ4v) is 12.5. The number of aryl methyl sites for hydroxylation is 3. The van der Waals surface area contributed by atoms with Crippen molar-refractivity contribution >= 4 is 80.6 Å². The lowest BCUT2D eigenvalue weighted by molar-refractivity contribution is -0.149. The number of nitrogens with two attached hydrogens (primary N) is 1. The van der Waals surface area contributed by atoms with Gasteiger partial charge in [0.1, 0.15) is 52.5 Å². The number of esters is 1. The number of aliphatic imine (C=N–C) groups is 1. The Morgan fingerprint density at radius 2 is 1.64 bits per heavy atom. The Kier molecular flexibility index (Phi) is 15.7. The van der Waals surface area contributed by atoms with Crippen molar-refractivity contribution in [2.45, 2.75) is 123 Å². The molecule has 4 aromatic heterocycles. The molecule has 7 aromatic rings. The van der Waals surface area contributed by atoms with Gasteiger partial charge in [0.15, 0.2) is 11.6 Å². The first-order chi connectivity index (χ1) is 37.4. The molecule has 1 saturated heterocycles. The Hall–Kier alpha value is -7.26. The number of hydrogen-bond donors (Lipinski definition) is 4. The number of carbonyl (C=O) groups excluding carboxylic acids is 5. The van der Waals surface area contributed by atoms with E-state index in [0.717, 1.165) is 54.0 Å². The van der Waals surface area contributed by atoms with Gasteiger partial charge in [-0.25, -0.2) is 4.98 Å². The summed E-state index contributed by atoms with van der Waals surface area (Å²) < 4.78 is 20.0. The van der Waals surface area contributed by atoms with Crippen LogP contribution in [0, 0.1) is 33.6 Å². The second kappa shape index (κ2) is 22.6. The minimum Gasteiger partial charge on any atom is -0.490 e. The molecule has 10 rings (SSSR count). The van der Waals surface area contributed by atoms with Crippen LogP contribution in [0.1, 0.15) is 120 Å². The molecule has 0 unspecified atom stereocenters. The van der Waals surface area contributed by atoms with E-state index in [2.05, 4.69) is 45.0 Å². The number of fused-ring (bicyclic) bond motifs is 4. The first-order valence-corrected chi connectivity index (χ1v) is 28.2. The summed E-state index contributed by atoms with van der Waals surface area (Å²) in [5.41, 5.74) is 14.5. The number of hydrogen-bond acceptors (Lipinski definition) is 15. The van der Waals surface area contributed by atoms with Gasteiger partial charge in [-0.15, -0.1) is 32.9 Å². The molecule has 78 heavy (non-hydrogen) atoms. The highest BCUT2D eigenvalue weighted by Gasteiger charge is 2.45. The molecule has 21 heteroatoms. The average molecular weight is 1110 g/mol. The van der Waals surface area contributed by atoms with Crippen molar-refractivity contribution in [3.8, 4) is 21.2 Å². The van der Waals surface area contributed by atoms with Crippen LogP contribution < -0.4 is 26.4 Å². The lowest BCUT2D eigenvalue weighted by Crippen LogP contribution is -2.55. The number of carbonyl (C=O) groups is 5. The molecular formula is C57H61ClN10O8S2. The van der Waals surface area contributed by atoms with Gasteiger partial charge >= 0.3 is 5.97 Å². The number of nitrogens with one attached hydrogen (secondary N) is 3. The maximum absolute atomic E-state index is 14.5. The molecule has 0 radical (unpaired) electrons. The summed E-state index contributed by atoms with van der Waals surface area (Å²) in [5, 5.41) is 20.3. The number of aromatic nitrogens is 4. The normalized spacial score (nSPS) is 19.5. The van der Waals surface area contributed by atoms with Crippen LogP contribution in [0.15, 0.2) is 87.7 Å². The molecular weight excluding hydrogens is 1050 g/mol. The van der Waals surface area contributed by atoms with E-state index in [-0.39, 0.29) is 56.2 Å². The second-order valence-corrected chi connectivity index (χ2v) is 23.1. The van der Waals surface area contributed by atoms with Crippen LogP contribution in [0.5, 0.6) is 5.75 Å². The van der Waals surface area contributed by atoms with Gasteiger partial charge in [0, 0.05) is 58.3 Å². The first-order valence-electron chi connectivity index (χ1n) is 26.1. The maximum Gasteiger partial charge on any atom is 0.307 e. The number of thiophene rings is 1. The van der Waals surface area contributed by atoms with Crippen LogP contribution in [0.4, 0.5) is 0 Å². The zero-order chi connectivity index (χ0) is 55.1. The van der Waals surface area contributed by atoms with E-state index in [4.69, 9.17) is 36.2 Å². The standard InChI is InChI=1S/C57H61ClN10O8S2/c1-28(2)50(56(73)67-26-42(75-48(70)18-19-59)24-44(67)54(71)61-30(4)34-8-10-36(11-9-34)52-31(5)60-27-77-52)64-55(72)46-21-37-20-40(16-17-45(37)76-46)74-41-22-39(23-41)62-47(69)25-43-53-66-65-33(7)68(53)57-49(29(3)32(6)78-57)51(63-43)35-12-14-38(58)15-13-35/h8-17,20-21,27-28,30,39,41-44,50H,18-19,22-26,59H2,1-7H3,(H,61,71)(H,62,69)(H,64,72)/t30-,39?,41?,42+,43-,44-,50-/m0/s1.